The van der Waals surface area contributed by atoms with Crippen LogP contribution in [0.15, 0.2) is 0 Å². The molecule has 0 aliphatic rings. The van der Waals surface area contributed by atoms with Crippen LogP contribution in [-0.2, 0) is 4.79 Å². The Labute approximate surface area is 96.7 Å². The number of carbonyl (C=O) groups is 1. The molecule has 7 heteroatoms. The molecule has 1 amide bonds. The predicted molar refractivity (Wildman–Crippen MR) is 61.6 cm³/mol. The van der Waals surface area contributed by atoms with Crippen LogP contribution in [-0.4, -0.2) is 25.7 Å². The maximum atomic E-state index is 11.5. The number of aryl methyl sites for hydroxylation is 1. The number of nitrogens with zero attached hydrogens (tertiary/aromatic N) is 4. The smallest absolute Gasteiger partial charge is 0.236 e. The molecule has 0 atom stereocenters. The fraction of sp³-hybridized carbons (Fsp3) is 0.556. The van der Waals surface area contributed by atoms with Gasteiger partial charge in [-0.25, -0.2) is 0 Å². The molecule has 0 bridgehead atoms. The van der Waals surface area contributed by atoms with E-state index in [0.717, 1.165) is 18.7 Å². The monoisotopic (exact) mass is 239 g/mol. The second kappa shape index (κ2) is 4.56. The SMILES string of the molecule is CCCCC(=O)Nc1nn2c(C)nnc2s1. The second-order valence-electron chi connectivity index (χ2n) is 3.50. The van der Waals surface area contributed by atoms with Gasteiger partial charge in [0.05, 0.1) is 0 Å². The number of hydrogen-bond donors (Lipinski definition) is 1. The average molecular weight is 239 g/mol. The van der Waals surface area contributed by atoms with Gasteiger partial charge in [0.25, 0.3) is 0 Å². The Kier molecular flexibility index (Phi) is 3.14. The Balaban J connectivity index is 2.06. The van der Waals surface area contributed by atoms with Crippen molar-refractivity contribution in [3.63, 3.8) is 0 Å². The Morgan fingerprint density at radius 3 is 3.00 bits per heavy atom. The number of fused-ring (bicyclic) bond motifs is 1. The lowest BCUT2D eigenvalue weighted by atomic mass is 10.2. The molecule has 86 valence electrons. The molecule has 1 N–H and O–H groups in total. The van der Waals surface area contributed by atoms with E-state index in [9.17, 15) is 4.79 Å². The molecule has 2 aromatic rings. The minimum Gasteiger partial charge on any atom is -0.301 e. The number of amides is 1. The number of hydrogen-bond acceptors (Lipinski definition) is 5. The van der Waals surface area contributed by atoms with Crippen molar-refractivity contribution >= 4 is 27.3 Å². The molecule has 0 fully saturated rings. The number of carbonyl (C=O) groups excluding carboxylic acids is 1. The first-order valence-electron chi connectivity index (χ1n) is 5.19. The summed E-state index contributed by atoms with van der Waals surface area (Å²) in [6.07, 6.45) is 2.45. The van der Waals surface area contributed by atoms with Crippen molar-refractivity contribution in [3.8, 4) is 0 Å². The Bertz CT molecular complexity index is 503. The number of nitrogens with one attached hydrogen (secondary N) is 1. The van der Waals surface area contributed by atoms with Crippen LogP contribution >= 0.6 is 11.3 Å². The van der Waals surface area contributed by atoms with Gasteiger partial charge in [0.15, 0.2) is 5.82 Å². The minimum atomic E-state index is 0.00413. The molecule has 2 rings (SSSR count). The normalized spacial score (nSPS) is 10.9. The van der Waals surface area contributed by atoms with Gasteiger partial charge in [0.2, 0.25) is 16.0 Å². The van der Waals surface area contributed by atoms with E-state index in [-0.39, 0.29) is 5.91 Å². The summed E-state index contributed by atoms with van der Waals surface area (Å²) < 4.78 is 1.63. The highest BCUT2D eigenvalue weighted by Gasteiger charge is 2.10. The van der Waals surface area contributed by atoms with Crippen LogP contribution < -0.4 is 5.32 Å². The summed E-state index contributed by atoms with van der Waals surface area (Å²) in [7, 11) is 0. The van der Waals surface area contributed by atoms with Crippen LogP contribution in [0.5, 0.6) is 0 Å². The number of unbranched alkanes of at least 4 members (excludes halogenated alkanes) is 1. The van der Waals surface area contributed by atoms with Crippen LogP contribution in [0.4, 0.5) is 5.13 Å². The zero-order chi connectivity index (χ0) is 11.5. The third-order valence-corrected chi connectivity index (χ3v) is 2.96. The van der Waals surface area contributed by atoms with Crippen molar-refractivity contribution in [3.05, 3.63) is 5.82 Å². The zero-order valence-corrected chi connectivity index (χ0v) is 10.0. The molecule has 0 aliphatic heterocycles. The van der Waals surface area contributed by atoms with E-state index in [0.29, 0.717) is 16.5 Å². The first kappa shape index (κ1) is 11.0. The number of aromatic nitrogens is 4. The average Bonchev–Trinajstić information content (AvgIpc) is 2.78. The quantitative estimate of drug-likeness (QED) is 0.880. The molecule has 0 unspecified atom stereocenters. The fourth-order valence-corrected chi connectivity index (χ4v) is 2.09. The number of anilines is 1. The molecule has 2 aromatic heterocycles. The molecule has 2 heterocycles. The summed E-state index contributed by atoms with van der Waals surface area (Å²) in [6.45, 7) is 3.88. The first-order chi connectivity index (χ1) is 7.70. The molecule has 0 aromatic carbocycles. The van der Waals surface area contributed by atoms with Crippen LogP contribution in [0.1, 0.15) is 32.0 Å². The van der Waals surface area contributed by atoms with E-state index >= 15 is 0 Å². The first-order valence-corrected chi connectivity index (χ1v) is 6.01. The van der Waals surface area contributed by atoms with Gasteiger partial charge in [-0.2, -0.15) is 4.52 Å². The maximum Gasteiger partial charge on any atom is 0.236 e. The summed E-state index contributed by atoms with van der Waals surface area (Å²) in [5.41, 5.74) is 0. The molecule has 0 saturated heterocycles. The molecule has 0 saturated carbocycles. The summed E-state index contributed by atoms with van der Waals surface area (Å²) in [4.78, 5) is 12.2. The molecule has 6 nitrogen and oxygen atoms in total. The molecule has 0 spiro atoms. The lowest BCUT2D eigenvalue weighted by molar-refractivity contribution is -0.116. The Morgan fingerprint density at radius 2 is 2.31 bits per heavy atom. The fourth-order valence-electron chi connectivity index (χ4n) is 1.28. The van der Waals surface area contributed by atoms with E-state index in [1.165, 1.54) is 11.3 Å². The van der Waals surface area contributed by atoms with E-state index in [4.69, 9.17) is 0 Å². The summed E-state index contributed by atoms with van der Waals surface area (Å²) in [5, 5.41) is 15.3. The minimum absolute atomic E-state index is 0.00413. The third kappa shape index (κ3) is 2.19. The maximum absolute atomic E-state index is 11.5. The van der Waals surface area contributed by atoms with Gasteiger partial charge < -0.3 is 5.32 Å². The Hall–Kier alpha value is -1.50. The molecular weight excluding hydrogens is 226 g/mol. The van der Waals surface area contributed by atoms with Crippen molar-refractivity contribution in [1.82, 2.24) is 19.8 Å². The highest BCUT2D eigenvalue weighted by atomic mass is 32.1. The van der Waals surface area contributed by atoms with Crippen LogP contribution in [0.2, 0.25) is 0 Å². The standard InChI is InChI=1S/C9H13N5OS/c1-3-4-5-7(15)10-8-13-14-6(2)11-12-9(14)16-8/h3-5H2,1-2H3,(H,10,13,15). The van der Waals surface area contributed by atoms with Crippen molar-refractivity contribution in [2.75, 3.05) is 5.32 Å². The molecule has 0 aliphatic carbocycles. The summed E-state index contributed by atoms with van der Waals surface area (Å²) >= 11 is 1.33. The van der Waals surface area contributed by atoms with Gasteiger partial charge >= 0.3 is 0 Å². The molecular formula is C9H13N5OS. The predicted octanol–water partition coefficient (Wildman–Crippen LogP) is 1.62. The zero-order valence-electron chi connectivity index (χ0n) is 9.23. The number of rotatable bonds is 4. The largest absolute Gasteiger partial charge is 0.301 e. The van der Waals surface area contributed by atoms with Crippen molar-refractivity contribution in [1.29, 1.82) is 0 Å². The van der Waals surface area contributed by atoms with Gasteiger partial charge in [-0.15, -0.1) is 15.3 Å². The van der Waals surface area contributed by atoms with Crippen LogP contribution in [0, 0.1) is 6.92 Å². The van der Waals surface area contributed by atoms with Gasteiger partial charge in [0, 0.05) is 6.42 Å². The van der Waals surface area contributed by atoms with Crippen molar-refractivity contribution in [2.45, 2.75) is 33.1 Å². The lowest BCUT2D eigenvalue weighted by Crippen LogP contribution is -2.11. The van der Waals surface area contributed by atoms with Crippen LogP contribution in [0.25, 0.3) is 4.96 Å². The van der Waals surface area contributed by atoms with Gasteiger partial charge in [0.1, 0.15) is 0 Å². The van der Waals surface area contributed by atoms with Gasteiger partial charge in [-0.05, 0) is 13.3 Å². The van der Waals surface area contributed by atoms with E-state index in [1.807, 2.05) is 6.92 Å². The van der Waals surface area contributed by atoms with Crippen LogP contribution in [0.3, 0.4) is 0 Å². The topological polar surface area (TPSA) is 72.2 Å². The summed E-state index contributed by atoms with van der Waals surface area (Å²) in [6, 6.07) is 0. The highest BCUT2D eigenvalue weighted by molar-refractivity contribution is 7.20. The molecule has 16 heavy (non-hydrogen) atoms. The van der Waals surface area contributed by atoms with E-state index in [1.54, 1.807) is 4.52 Å². The second-order valence-corrected chi connectivity index (χ2v) is 4.46. The van der Waals surface area contributed by atoms with E-state index in [2.05, 4.69) is 27.5 Å². The highest BCUT2D eigenvalue weighted by Crippen LogP contribution is 2.18. The van der Waals surface area contributed by atoms with Gasteiger partial charge in [-0.1, -0.05) is 24.7 Å². The van der Waals surface area contributed by atoms with Crippen molar-refractivity contribution in [2.24, 2.45) is 0 Å². The third-order valence-electron chi connectivity index (χ3n) is 2.15. The Morgan fingerprint density at radius 1 is 1.50 bits per heavy atom. The lowest BCUT2D eigenvalue weighted by Gasteiger charge is -1.98. The van der Waals surface area contributed by atoms with Crippen molar-refractivity contribution < 1.29 is 4.79 Å². The summed E-state index contributed by atoms with van der Waals surface area (Å²) in [5.74, 6) is 0.727. The molecule has 0 radical (unpaired) electrons. The van der Waals surface area contributed by atoms with E-state index < -0.39 is 0 Å². The van der Waals surface area contributed by atoms with Gasteiger partial charge in [-0.3, -0.25) is 4.79 Å².